The van der Waals surface area contributed by atoms with Gasteiger partial charge in [0.1, 0.15) is 6.67 Å². The number of hydrogen-bond acceptors (Lipinski definition) is 3. The molecule has 0 rings (SSSR count). The number of alkyl halides is 1. The predicted molar refractivity (Wildman–Crippen MR) is 36.6 cm³/mol. The van der Waals surface area contributed by atoms with E-state index in [4.69, 9.17) is 10.2 Å². The Morgan fingerprint density at radius 3 is 1.80 bits per heavy atom. The molecular weight excluding hydrogens is 137 g/mol. The summed E-state index contributed by atoms with van der Waals surface area (Å²) in [5, 5.41) is 16.9. The number of hydrogen-bond donors (Lipinski definition) is 2. The van der Waals surface area contributed by atoms with E-state index in [9.17, 15) is 4.39 Å². The van der Waals surface area contributed by atoms with Gasteiger partial charge in [-0.15, -0.1) is 0 Å². The molecule has 0 atom stereocenters. The minimum absolute atomic E-state index is 0.0139. The maximum atomic E-state index is 11.7. The van der Waals surface area contributed by atoms with Crippen molar-refractivity contribution in [3.63, 3.8) is 0 Å². The van der Waals surface area contributed by atoms with Gasteiger partial charge in [-0.1, -0.05) is 0 Å². The maximum absolute atomic E-state index is 11.7. The zero-order chi connectivity index (χ0) is 7.82. The molecule has 0 radical (unpaired) electrons. The van der Waals surface area contributed by atoms with Gasteiger partial charge in [-0.2, -0.15) is 0 Å². The molecule has 0 aromatic rings. The average molecular weight is 151 g/mol. The van der Waals surface area contributed by atoms with Crippen LogP contribution < -0.4 is 0 Å². The van der Waals surface area contributed by atoms with Crippen LogP contribution in [0.4, 0.5) is 4.39 Å². The second-order valence-corrected chi connectivity index (χ2v) is 1.98. The van der Waals surface area contributed by atoms with Crippen LogP contribution in [0.25, 0.3) is 0 Å². The quantitative estimate of drug-likeness (QED) is 0.524. The molecule has 0 spiro atoms. The number of aliphatic hydroxyl groups is 2. The minimum Gasteiger partial charge on any atom is -0.395 e. The Morgan fingerprint density at radius 1 is 1.00 bits per heavy atom. The van der Waals surface area contributed by atoms with Gasteiger partial charge in [-0.25, -0.2) is 4.39 Å². The Hall–Kier alpha value is -0.190. The summed E-state index contributed by atoms with van der Waals surface area (Å²) in [6.07, 6.45) is 0. The normalized spacial score (nSPS) is 10.8. The lowest BCUT2D eigenvalue weighted by Crippen LogP contribution is -2.31. The zero-order valence-corrected chi connectivity index (χ0v) is 5.96. The fourth-order valence-electron chi connectivity index (χ4n) is 0.738. The van der Waals surface area contributed by atoms with E-state index in [-0.39, 0.29) is 13.2 Å². The monoisotopic (exact) mass is 151 g/mol. The molecule has 10 heavy (non-hydrogen) atoms. The summed E-state index contributed by atoms with van der Waals surface area (Å²) < 4.78 is 11.7. The third kappa shape index (κ3) is 4.67. The van der Waals surface area contributed by atoms with Crippen molar-refractivity contribution in [3.8, 4) is 0 Å². The molecule has 0 heterocycles. The Morgan fingerprint density at radius 2 is 1.50 bits per heavy atom. The summed E-state index contributed by atoms with van der Waals surface area (Å²) in [6, 6.07) is 0. The molecular formula is C6H14FNO2. The first-order valence-corrected chi connectivity index (χ1v) is 3.35. The van der Waals surface area contributed by atoms with Crippen molar-refractivity contribution in [1.29, 1.82) is 0 Å². The largest absolute Gasteiger partial charge is 0.395 e. The van der Waals surface area contributed by atoms with Crippen LogP contribution in [0.15, 0.2) is 0 Å². The first-order valence-electron chi connectivity index (χ1n) is 3.35. The molecule has 0 unspecified atom stereocenters. The van der Waals surface area contributed by atoms with E-state index in [1.165, 1.54) is 0 Å². The van der Waals surface area contributed by atoms with Crippen LogP contribution in [-0.2, 0) is 0 Å². The lowest BCUT2D eigenvalue weighted by atomic mass is 10.5. The summed E-state index contributed by atoms with van der Waals surface area (Å²) in [4.78, 5) is 1.67. The first-order chi connectivity index (χ1) is 4.85. The van der Waals surface area contributed by atoms with Gasteiger partial charge >= 0.3 is 0 Å². The molecule has 2 N–H and O–H groups in total. The van der Waals surface area contributed by atoms with Crippen molar-refractivity contribution in [1.82, 2.24) is 4.90 Å². The van der Waals surface area contributed by atoms with E-state index in [1.54, 1.807) is 4.90 Å². The van der Waals surface area contributed by atoms with Gasteiger partial charge in [0.2, 0.25) is 0 Å². The zero-order valence-electron chi connectivity index (χ0n) is 5.96. The third-order valence-electron chi connectivity index (χ3n) is 1.23. The number of rotatable bonds is 6. The van der Waals surface area contributed by atoms with Crippen LogP contribution in [-0.4, -0.2) is 54.6 Å². The van der Waals surface area contributed by atoms with Crippen LogP contribution >= 0.6 is 0 Å². The lowest BCUT2D eigenvalue weighted by molar-refractivity contribution is 0.153. The van der Waals surface area contributed by atoms with Crippen molar-refractivity contribution < 1.29 is 14.6 Å². The average Bonchev–Trinajstić information content (AvgIpc) is 1.90. The standard InChI is InChI=1S/C6H14FNO2/c7-1-2-8(3-5-9)4-6-10/h9-10H,1-6H2. The van der Waals surface area contributed by atoms with E-state index in [1.807, 2.05) is 0 Å². The van der Waals surface area contributed by atoms with E-state index in [0.717, 1.165) is 0 Å². The number of aliphatic hydroxyl groups excluding tert-OH is 2. The van der Waals surface area contributed by atoms with Crippen LogP contribution in [0.3, 0.4) is 0 Å². The summed E-state index contributed by atoms with van der Waals surface area (Å²) >= 11 is 0. The molecule has 0 saturated carbocycles. The molecule has 62 valence electrons. The highest BCUT2D eigenvalue weighted by atomic mass is 19.1. The maximum Gasteiger partial charge on any atom is 0.102 e. The van der Waals surface area contributed by atoms with Crippen molar-refractivity contribution in [2.24, 2.45) is 0 Å². The fraction of sp³-hybridized carbons (Fsp3) is 1.00. The molecule has 0 saturated heterocycles. The van der Waals surface area contributed by atoms with Crippen LogP contribution in [0, 0.1) is 0 Å². The SMILES string of the molecule is OCCN(CCO)CCF. The minimum atomic E-state index is -0.431. The van der Waals surface area contributed by atoms with Crippen LogP contribution in [0.5, 0.6) is 0 Å². The highest BCUT2D eigenvalue weighted by Gasteiger charge is 2.00. The molecule has 0 aromatic carbocycles. The van der Waals surface area contributed by atoms with Gasteiger partial charge in [0.15, 0.2) is 0 Å². The number of halogens is 1. The van der Waals surface area contributed by atoms with E-state index < -0.39 is 6.67 Å². The third-order valence-corrected chi connectivity index (χ3v) is 1.23. The molecule has 4 heteroatoms. The van der Waals surface area contributed by atoms with E-state index >= 15 is 0 Å². The van der Waals surface area contributed by atoms with Crippen molar-refractivity contribution in [3.05, 3.63) is 0 Å². The second kappa shape index (κ2) is 6.92. The summed E-state index contributed by atoms with van der Waals surface area (Å²) in [7, 11) is 0. The summed E-state index contributed by atoms with van der Waals surface area (Å²) in [6.45, 7) is 0.760. The van der Waals surface area contributed by atoms with Gasteiger partial charge in [-0.05, 0) is 0 Å². The van der Waals surface area contributed by atoms with Crippen molar-refractivity contribution >= 4 is 0 Å². The van der Waals surface area contributed by atoms with E-state index in [2.05, 4.69) is 0 Å². The summed E-state index contributed by atoms with van der Waals surface area (Å²) in [5.74, 6) is 0. The predicted octanol–water partition coefficient (Wildman–Crippen LogP) is -0.758. The lowest BCUT2D eigenvalue weighted by Gasteiger charge is -2.17. The van der Waals surface area contributed by atoms with Gasteiger partial charge in [0, 0.05) is 19.6 Å². The molecule has 0 aliphatic heterocycles. The summed E-state index contributed by atoms with van der Waals surface area (Å²) in [5.41, 5.74) is 0. The molecule has 0 amide bonds. The molecule has 0 bridgehead atoms. The van der Waals surface area contributed by atoms with Gasteiger partial charge in [-0.3, -0.25) is 4.90 Å². The Labute approximate surface area is 60.1 Å². The Kier molecular flexibility index (Phi) is 6.79. The van der Waals surface area contributed by atoms with Gasteiger partial charge in [0.25, 0.3) is 0 Å². The highest BCUT2D eigenvalue weighted by molar-refractivity contribution is 4.54. The Balaban J connectivity index is 3.30. The van der Waals surface area contributed by atoms with Crippen molar-refractivity contribution in [2.75, 3.05) is 39.5 Å². The second-order valence-electron chi connectivity index (χ2n) is 1.98. The molecule has 3 nitrogen and oxygen atoms in total. The number of nitrogens with zero attached hydrogens (tertiary/aromatic N) is 1. The highest BCUT2D eigenvalue weighted by Crippen LogP contribution is 1.85. The van der Waals surface area contributed by atoms with Gasteiger partial charge < -0.3 is 10.2 Å². The van der Waals surface area contributed by atoms with Gasteiger partial charge in [0.05, 0.1) is 13.2 Å². The topological polar surface area (TPSA) is 43.7 Å². The van der Waals surface area contributed by atoms with E-state index in [0.29, 0.717) is 19.6 Å². The molecule has 0 aliphatic carbocycles. The molecule has 0 aromatic heterocycles. The van der Waals surface area contributed by atoms with Crippen LogP contribution in [0.1, 0.15) is 0 Å². The molecule has 0 aliphatic rings. The van der Waals surface area contributed by atoms with Crippen LogP contribution in [0.2, 0.25) is 0 Å². The Bertz CT molecular complexity index is 58.5. The first kappa shape index (κ1) is 9.81. The molecule has 0 fully saturated rings. The van der Waals surface area contributed by atoms with Crippen molar-refractivity contribution in [2.45, 2.75) is 0 Å². The fourth-order valence-corrected chi connectivity index (χ4v) is 0.738. The smallest absolute Gasteiger partial charge is 0.102 e.